The van der Waals surface area contributed by atoms with Crippen molar-refractivity contribution >= 4 is 11.8 Å². The van der Waals surface area contributed by atoms with Crippen LogP contribution in [0.2, 0.25) is 0 Å². The molecule has 0 aromatic rings. The van der Waals surface area contributed by atoms with Crippen LogP contribution in [0.4, 0.5) is 0 Å². The Kier molecular flexibility index (Phi) is 2.64. The van der Waals surface area contributed by atoms with Gasteiger partial charge in [0.2, 0.25) is 0 Å². The van der Waals surface area contributed by atoms with Gasteiger partial charge < -0.3 is 5.73 Å². The Bertz CT molecular complexity index is 112. The van der Waals surface area contributed by atoms with E-state index < -0.39 is 0 Å². The van der Waals surface area contributed by atoms with Crippen LogP contribution in [0, 0.1) is 5.41 Å². The van der Waals surface area contributed by atoms with Gasteiger partial charge in [-0.2, -0.15) is 11.8 Å². The van der Waals surface area contributed by atoms with E-state index in [0.717, 1.165) is 0 Å². The third kappa shape index (κ3) is 1.89. The lowest BCUT2D eigenvalue weighted by atomic mass is 9.85. The summed E-state index contributed by atoms with van der Waals surface area (Å²) in [6.45, 7) is 4.55. The van der Waals surface area contributed by atoms with E-state index >= 15 is 0 Å². The largest absolute Gasteiger partial charge is 0.327 e. The van der Waals surface area contributed by atoms with Crippen LogP contribution in [-0.2, 0) is 0 Å². The van der Waals surface area contributed by atoms with Gasteiger partial charge in [-0.05, 0) is 29.8 Å². The van der Waals surface area contributed by atoms with Gasteiger partial charge in [0.05, 0.1) is 0 Å². The molecule has 60 valence electrons. The normalized spacial score (nSPS) is 33.3. The first-order valence-electron chi connectivity index (χ1n) is 3.96. The molecule has 2 heteroatoms. The van der Waals surface area contributed by atoms with Crippen LogP contribution >= 0.6 is 11.8 Å². The summed E-state index contributed by atoms with van der Waals surface area (Å²) in [5.41, 5.74) is 6.36. The van der Waals surface area contributed by atoms with E-state index in [-0.39, 0.29) is 0 Å². The molecule has 0 aliphatic carbocycles. The maximum absolute atomic E-state index is 6.00. The lowest BCUT2D eigenvalue weighted by Crippen LogP contribution is -2.37. The van der Waals surface area contributed by atoms with E-state index in [2.05, 4.69) is 13.8 Å². The molecule has 1 fully saturated rings. The molecule has 0 saturated carbocycles. The van der Waals surface area contributed by atoms with Gasteiger partial charge in [0.1, 0.15) is 0 Å². The monoisotopic (exact) mass is 159 g/mol. The van der Waals surface area contributed by atoms with Crippen molar-refractivity contribution < 1.29 is 0 Å². The van der Waals surface area contributed by atoms with Crippen molar-refractivity contribution in [1.29, 1.82) is 0 Å². The summed E-state index contributed by atoms with van der Waals surface area (Å²) in [5.74, 6) is 2.53. The second-order valence-corrected chi connectivity index (χ2v) is 4.90. The summed E-state index contributed by atoms with van der Waals surface area (Å²) in [6, 6.07) is 0.419. The van der Waals surface area contributed by atoms with Gasteiger partial charge in [0, 0.05) is 6.04 Å². The molecule has 1 saturated heterocycles. The van der Waals surface area contributed by atoms with Crippen molar-refractivity contribution in [1.82, 2.24) is 0 Å². The molecule has 1 rings (SSSR count). The Morgan fingerprint density at radius 1 is 1.50 bits per heavy atom. The van der Waals surface area contributed by atoms with Gasteiger partial charge in [0.25, 0.3) is 0 Å². The van der Waals surface area contributed by atoms with Crippen LogP contribution in [0.3, 0.4) is 0 Å². The highest BCUT2D eigenvalue weighted by atomic mass is 32.2. The van der Waals surface area contributed by atoms with Gasteiger partial charge in [-0.1, -0.05) is 13.8 Å². The third-order valence-corrected chi connectivity index (χ3v) is 3.81. The SMILES string of the molecule is CC1(C)CSCCCC1N. The summed E-state index contributed by atoms with van der Waals surface area (Å²) in [6.07, 6.45) is 2.51. The van der Waals surface area contributed by atoms with Gasteiger partial charge in [0.15, 0.2) is 0 Å². The maximum atomic E-state index is 6.00. The van der Waals surface area contributed by atoms with E-state index in [9.17, 15) is 0 Å². The highest BCUT2D eigenvalue weighted by Gasteiger charge is 2.27. The molecule has 0 spiro atoms. The molecule has 1 aliphatic heterocycles. The minimum atomic E-state index is 0.362. The number of hydrogen-bond acceptors (Lipinski definition) is 2. The van der Waals surface area contributed by atoms with Crippen LogP contribution < -0.4 is 5.73 Å². The van der Waals surface area contributed by atoms with E-state index in [1.54, 1.807) is 0 Å². The fourth-order valence-electron chi connectivity index (χ4n) is 1.24. The Balaban J connectivity index is 2.52. The van der Waals surface area contributed by atoms with Gasteiger partial charge >= 0.3 is 0 Å². The molecule has 10 heavy (non-hydrogen) atoms. The molecule has 1 aliphatic rings. The molecule has 0 bridgehead atoms. The molecule has 0 aromatic carbocycles. The summed E-state index contributed by atoms with van der Waals surface area (Å²) in [7, 11) is 0. The van der Waals surface area contributed by atoms with Crippen molar-refractivity contribution in [3.05, 3.63) is 0 Å². The van der Waals surface area contributed by atoms with Crippen LogP contribution in [0.25, 0.3) is 0 Å². The predicted octanol–water partition coefficient (Wildman–Crippen LogP) is 1.87. The van der Waals surface area contributed by atoms with Crippen LogP contribution in [0.5, 0.6) is 0 Å². The molecule has 0 radical (unpaired) electrons. The molecular formula is C8H17NS. The molecular weight excluding hydrogens is 142 g/mol. The minimum absolute atomic E-state index is 0.362. The second-order valence-electron chi connectivity index (χ2n) is 3.79. The zero-order chi connectivity index (χ0) is 7.61. The standard InChI is InChI=1S/C8H17NS/c1-8(2)6-10-5-3-4-7(8)9/h7H,3-6,9H2,1-2H3. The smallest absolute Gasteiger partial charge is 0.00984 e. The minimum Gasteiger partial charge on any atom is -0.327 e. The van der Waals surface area contributed by atoms with Gasteiger partial charge in [-0.25, -0.2) is 0 Å². The first-order valence-corrected chi connectivity index (χ1v) is 5.12. The molecule has 1 unspecified atom stereocenters. The first kappa shape index (κ1) is 8.41. The molecule has 0 amide bonds. The Morgan fingerprint density at radius 2 is 2.20 bits per heavy atom. The van der Waals surface area contributed by atoms with Gasteiger partial charge in [-0.15, -0.1) is 0 Å². The van der Waals surface area contributed by atoms with E-state index in [4.69, 9.17) is 5.73 Å². The zero-order valence-corrected chi connectivity index (χ0v) is 7.71. The Morgan fingerprint density at radius 3 is 2.90 bits per heavy atom. The average Bonchev–Trinajstić information content (AvgIpc) is 1.96. The summed E-state index contributed by atoms with van der Waals surface area (Å²) < 4.78 is 0. The zero-order valence-electron chi connectivity index (χ0n) is 6.89. The highest BCUT2D eigenvalue weighted by Crippen LogP contribution is 2.31. The van der Waals surface area contributed by atoms with Crippen molar-refractivity contribution in [3.63, 3.8) is 0 Å². The molecule has 2 N–H and O–H groups in total. The molecule has 1 heterocycles. The number of rotatable bonds is 0. The molecule has 0 aromatic heterocycles. The van der Waals surface area contributed by atoms with E-state index in [1.165, 1.54) is 24.3 Å². The fraction of sp³-hybridized carbons (Fsp3) is 1.00. The fourth-order valence-corrected chi connectivity index (χ4v) is 2.49. The molecule has 1 nitrogen and oxygen atoms in total. The number of hydrogen-bond donors (Lipinski definition) is 1. The van der Waals surface area contributed by atoms with E-state index in [0.29, 0.717) is 11.5 Å². The maximum Gasteiger partial charge on any atom is 0.00984 e. The Hall–Kier alpha value is 0.310. The highest BCUT2D eigenvalue weighted by molar-refractivity contribution is 7.99. The Labute approximate surface area is 67.8 Å². The van der Waals surface area contributed by atoms with Crippen molar-refractivity contribution in [2.75, 3.05) is 11.5 Å². The topological polar surface area (TPSA) is 26.0 Å². The molecule has 1 atom stereocenters. The lowest BCUT2D eigenvalue weighted by molar-refractivity contribution is 0.317. The predicted molar refractivity (Wildman–Crippen MR) is 48.3 cm³/mol. The number of thioether (sulfide) groups is 1. The summed E-state index contributed by atoms with van der Waals surface area (Å²) in [5, 5.41) is 0. The first-order chi connectivity index (χ1) is 4.63. The van der Waals surface area contributed by atoms with Crippen molar-refractivity contribution in [3.8, 4) is 0 Å². The van der Waals surface area contributed by atoms with Crippen molar-refractivity contribution in [2.45, 2.75) is 32.7 Å². The second kappa shape index (κ2) is 3.14. The quantitative estimate of drug-likeness (QED) is 0.584. The van der Waals surface area contributed by atoms with Crippen molar-refractivity contribution in [2.24, 2.45) is 11.1 Å². The third-order valence-electron chi connectivity index (χ3n) is 2.28. The summed E-state index contributed by atoms with van der Waals surface area (Å²) in [4.78, 5) is 0. The van der Waals surface area contributed by atoms with E-state index in [1.807, 2.05) is 11.8 Å². The van der Waals surface area contributed by atoms with Crippen LogP contribution in [-0.4, -0.2) is 17.5 Å². The lowest BCUT2D eigenvalue weighted by Gasteiger charge is -2.28. The summed E-state index contributed by atoms with van der Waals surface area (Å²) >= 11 is 2.05. The number of nitrogens with two attached hydrogens (primary N) is 1. The van der Waals surface area contributed by atoms with Crippen LogP contribution in [0.15, 0.2) is 0 Å². The van der Waals surface area contributed by atoms with Gasteiger partial charge in [-0.3, -0.25) is 0 Å². The average molecular weight is 159 g/mol. The van der Waals surface area contributed by atoms with Crippen LogP contribution in [0.1, 0.15) is 26.7 Å².